The van der Waals surface area contributed by atoms with Gasteiger partial charge in [-0.1, -0.05) is 72.8 Å². The second-order valence-electron chi connectivity index (χ2n) is 6.98. The van der Waals surface area contributed by atoms with Gasteiger partial charge in [-0.25, -0.2) is 5.01 Å². The third-order valence-electron chi connectivity index (χ3n) is 5.14. The smallest absolute Gasteiger partial charge is 0.0652 e. The van der Waals surface area contributed by atoms with Gasteiger partial charge < -0.3 is 0 Å². The molecule has 2 heteroatoms. The van der Waals surface area contributed by atoms with Gasteiger partial charge in [0.1, 0.15) is 0 Å². The van der Waals surface area contributed by atoms with Crippen LogP contribution in [0.5, 0.6) is 0 Å². The zero-order chi connectivity index (χ0) is 18.8. The Balaban J connectivity index is 1.48. The standard InChI is InChI=1S/C26H20N2/c1-3-10-23(11-4-1)28(24-12-5-2-6-13-24)27-19-20-15-16-26-22(17-20)18-21-9-7-8-14-25(21)26/h1-17,19H,18H2/b27-19+. The summed E-state index contributed by atoms with van der Waals surface area (Å²) >= 11 is 0. The molecule has 0 spiro atoms. The summed E-state index contributed by atoms with van der Waals surface area (Å²) in [4.78, 5) is 0. The van der Waals surface area contributed by atoms with E-state index < -0.39 is 0 Å². The first kappa shape index (κ1) is 16.5. The Hall–Kier alpha value is -3.65. The van der Waals surface area contributed by atoms with Gasteiger partial charge in [-0.05, 0) is 64.6 Å². The Labute approximate surface area is 165 Å². The fraction of sp³-hybridized carbons (Fsp3) is 0.0385. The Morgan fingerprint density at radius 2 is 1.21 bits per heavy atom. The largest absolute Gasteiger partial charge is 0.234 e. The van der Waals surface area contributed by atoms with E-state index in [1.165, 1.54) is 22.3 Å². The zero-order valence-corrected chi connectivity index (χ0v) is 15.5. The summed E-state index contributed by atoms with van der Waals surface area (Å²) in [5.74, 6) is 0. The number of hydrazone groups is 1. The number of fused-ring (bicyclic) bond motifs is 3. The molecule has 2 nitrogen and oxygen atoms in total. The van der Waals surface area contributed by atoms with E-state index in [1.54, 1.807) is 0 Å². The molecule has 0 atom stereocenters. The van der Waals surface area contributed by atoms with Crippen molar-refractivity contribution in [1.29, 1.82) is 0 Å². The van der Waals surface area contributed by atoms with Crippen LogP contribution in [0.4, 0.5) is 11.4 Å². The van der Waals surface area contributed by atoms with Crippen molar-refractivity contribution >= 4 is 17.6 Å². The van der Waals surface area contributed by atoms with Gasteiger partial charge in [0.05, 0.1) is 17.6 Å². The van der Waals surface area contributed by atoms with E-state index in [-0.39, 0.29) is 0 Å². The van der Waals surface area contributed by atoms with E-state index in [0.717, 1.165) is 23.4 Å². The van der Waals surface area contributed by atoms with E-state index in [2.05, 4.69) is 66.7 Å². The predicted octanol–water partition coefficient (Wildman–Crippen LogP) is 6.43. The van der Waals surface area contributed by atoms with Crippen LogP contribution in [0.25, 0.3) is 11.1 Å². The van der Waals surface area contributed by atoms with Gasteiger partial charge in [0.15, 0.2) is 0 Å². The first-order valence-electron chi connectivity index (χ1n) is 9.54. The average Bonchev–Trinajstić information content (AvgIpc) is 3.13. The summed E-state index contributed by atoms with van der Waals surface area (Å²) in [5, 5.41) is 6.79. The molecule has 4 aromatic carbocycles. The number of anilines is 2. The number of benzene rings is 4. The van der Waals surface area contributed by atoms with E-state index in [4.69, 9.17) is 5.10 Å². The lowest BCUT2D eigenvalue weighted by molar-refractivity contribution is 1.09. The first-order valence-corrected chi connectivity index (χ1v) is 9.54. The summed E-state index contributed by atoms with van der Waals surface area (Å²) in [7, 11) is 0. The molecule has 0 aromatic heterocycles. The molecule has 4 aromatic rings. The van der Waals surface area contributed by atoms with Crippen LogP contribution in [0, 0.1) is 0 Å². The highest BCUT2D eigenvalue weighted by Crippen LogP contribution is 2.36. The summed E-state index contributed by atoms with van der Waals surface area (Å²) in [5.41, 5.74) is 8.67. The van der Waals surface area contributed by atoms with Crippen molar-refractivity contribution in [3.63, 3.8) is 0 Å². The summed E-state index contributed by atoms with van der Waals surface area (Å²) < 4.78 is 0. The lowest BCUT2D eigenvalue weighted by Gasteiger charge is -2.19. The van der Waals surface area contributed by atoms with Gasteiger partial charge >= 0.3 is 0 Å². The second-order valence-corrected chi connectivity index (χ2v) is 6.98. The maximum Gasteiger partial charge on any atom is 0.0652 e. The zero-order valence-electron chi connectivity index (χ0n) is 15.5. The van der Waals surface area contributed by atoms with Gasteiger partial charge in [-0.3, -0.25) is 0 Å². The van der Waals surface area contributed by atoms with Crippen LogP contribution in [0.2, 0.25) is 0 Å². The minimum Gasteiger partial charge on any atom is -0.234 e. The molecule has 134 valence electrons. The van der Waals surface area contributed by atoms with E-state index >= 15 is 0 Å². The topological polar surface area (TPSA) is 15.6 Å². The summed E-state index contributed by atoms with van der Waals surface area (Å²) in [6.45, 7) is 0. The first-order chi connectivity index (χ1) is 13.9. The number of hydrogen-bond acceptors (Lipinski definition) is 2. The SMILES string of the molecule is C(=N\N(c1ccccc1)c1ccccc1)/c1ccc2c(c1)Cc1ccccc1-2. The fourth-order valence-corrected chi connectivity index (χ4v) is 3.79. The molecule has 5 rings (SSSR count). The lowest BCUT2D eigenvalue weighted by atomic mass is 10.0. The third-order valence-corrected chi connectivity index (χ3v) is 5.14. The fourth-order valence-electron chi connectivity index (χ4n) is 3.79. The van der Waals surface area contributed by atoms with Gasteiger partial charge in [0.2, 0.25) is 0 Å². The van der Waals surface area contributed by atoms with Crippen LogP contribution < -0.4 is 5.01 Å². The molecule has 0 bridgehead atoms. The highest BCUT2D eigenvalue weighted by atomic mass is 15.5. The molecular weight excluding hydrogens is 340 g/mol. The second kappa shape index (κ2) is 7.16. The van der Waals surface area contributed by atoms with Crippen molar-refractivity contribution in [2.24, 2.45) is 5.10 Å². The van der Waals surface area contributed by atoms with Gasteiger partial charge in [-0.15, -0.1) is 0 Å². The van der Waals surface area contributed by atoms with Gasteiger partial charge in [0, 0.05) is 0 Å². The summed E-state index contributed by atoms with van der Waals surface area (Å²) in [6.07, 6.45) is 2.94. The molecule has 0 heterocycles. The van der Waals surface area contributed by atoms with Crippen molar-refractivity contribution in [2.45, 2.75) is 6.42 Å². The molecule has 0 saturated carbocycles. The molecule has 0 N–H and O–H groups in total. The number of para-hydroxylation sites is 2. The monoisotopic (exact) mass is 360 g/mol. The van der Waals surface area contributed by atoms with Crippen LogP contribution in [0.15, 0.2) is 108 Å². The van der Waals surface area contributed by atoms with Gasteiger partial charge in [0.25, 0.3) is 0 Å². The Bertz CT molecular complexity index is 1090. The predicted molar refractivity (Wildman–Crippen MR) is 117 cm³/mol. The number of nitrogens with zero attached hydrogens (tertiary/aromatic N) is 2. The quantitative estimate of drug-likeness (QED) is 0.266. The molecule has 28 heavy (non-hydrogen) atoms. The highest BCUT2D eigenvalue weighted by molar-refractivity contribution is 5.86. The van der Waals surface area contributed by atoms with Crippen molar-refractivity contribution < 1.29 is 0 Å². The van der Waals surface area contributed by atoms with E-state index in [1.807, 2.05) is 47.6 Å². The van der Waals surface area contributed by atoms with E-state index in [9.17, 15) is 0 Å². The van der Waals surface area contributed by atoms with Crippen molar-refractivity contribution in [3.8, 4) is 11.1 Å². The molecule has 0 radical (unpaired) electrons. The Morgan fingerprint density at radius 3 is 1.93 bits per heavy atom. The number of hydrogen-bond donors (Lipinski definition) is 0. The normalized spacial score (nSPS) is 12.0. The molecule has 0 aliphatic heterocycles. The Kier molecular flexibility index (Phi) is 4.23. The summed E-state index contributed by atoms with van der Waals surface area (Å²) in [6, 6.07) is 35.8. The maximum absolute atomic E-state index is 4.82. The minimum atomic E-state index is 0.994. The van der Waals surface area contributed by atoms with Crippen molar-refractivity contribution in [3.05, 3.63) is 120 Å². The van der Waals surface area contributed by atoms with Crippen molar-refractivity contribution in [2.75, 3.05) is 5.01 Å². The molecule has 1 aliphatic rings. The van der Waals surface area contributed by atoms with Crippen LogP contribution in [-0.2, 0) is 6.42 Å². The average molecular weight is 360 g/mol. The molecule has 0 unspecified atom stereocenters. The van der Waals surface area contributed by atoms with Crippen LogP contribution >= 0.6 is 0 Å². The molecule has 0 fully saturated rings. The maximum atomic E-state index is 4.82. The third kappa shape index (κ3) is 3.10. The number of rotatable bonds is 4. The highest BCUT2D eigenvalue weighted by Gasteiger charge is 2.17. The van der Waals surface area contributed by atoms with Crippen LogP contribution in [-0.4, -0.2) is 6.21 Å². The van der Waals surface area contributed by atoms with Crippen molar-refractivity contribution in [1.82, 2.24) is 0 Å². The van der Waals surface area contributed by atoms with E-state index in [0.29, 0.717) is 0 Å². The molecule has 1 aliphatic carbocycles. The van der Waals surface area contributed by atoms with Crippen LogP contribution in [0.1, 0.15) is 16.7 Å². The van der Waals surface area contributed by atoms with Crippen LogP contribution in [0.3, 0.4) is 0 Å². The van der Waals surface area contributed by atoms with Gasteiger partial charge in [-0.2, -0.15) is 5.10 Å². The molecule has 0 saturated heterocycles. The minimum absolute atomic E-state index is 0.994. The molecular formula is C26H20N2. The Morgan fingerprint density at radius 1 is 0.607 bits per heavy atom. The molecule has 0 amide bonds. The lowest BCUT2D eigenvalue weighted by Crippen LogP contribution is -2.09.